The van der Waals surface area contributed by atoms with Gasteiger partial charge in [0, 0.05) is 5.39 Å². The minimum Gasteiger partial charge on any atom is -0.507 e. The van der Waals surface area contributed by atoms with Crippen molar-refractivity contribution in [1.29, 1.82) is 0 Å². The van der Waals surface area contributed by atoms with Gasteiger partial charge in [-0.25, -0.2) is 4.98 Å². The molecule has 0 spiro atoms. The second-order valence-corrected chi connectivity index (χ2v) is 7.15. The third-order valence-electron chi connectivity index (χ3n) is 3.69. The van der Waals surface area contributed by atoms with Crippen LogP contribution in [-0.2, 0) is 0 Å². The van der Waals surface area contributed by atoms with E-state index in [1.165, 1.54) is 15.5 Å². The van der Waals surface area contributed by atoms with Crippen molar-refractivity contribution in [3.8, 4) is 5.75 Å². The Balaban J connectivity index is 1.75. The second kappa shape index (κ2) is 5.80. The maximum absolute atomic E-state index is 9.54. The van der Waals surface area contributed by atoms with Gasteiger partial charge in [-0.3, -0.25) is 0 Å². The fraction of sp³-hybridized carbons (Fsp3) is 0. The molecule has 23 heavy (non-hydrogen) atoms. The Hall–Kier alpha value is -2.17. The minimum atomic E-state index is 0.244. The first-order chi connectivity index (χ1) is 11.2. The number of halogens is 1. The van der Waals surface area contributed by atoms with Gasteiger partial charge in [-0.1, -0.05) is 42.5 Å². The Kier molecular flexibility index (Phi) is 3.63. The highest BCUT2D eigenvalue weighted by Gasteiger charge is 2.05. The van der Waals surface area contributed by atoms with Crippen LogP contribution < -0.4 is 0 Å². The largest absolute Gasteiger partial charge is 0.507 e. The molecule has 2 nitrogen and oxygen atoms in total. The predicted molar refractivity (Wildman–Crippen MR) is 102 cm³/mol. The van der Waals surface area contributed by atoms with E-state index in [4.69, 9.17) is 4.98 Å². The fourth-order valence-electron chi connectivity index (χ4n) is 2.54. The summed E-state index contributed by atoms with van der Waals surface area (Å²) in [5.41, 5.74) is 2.07. The normalized spacial score (nSPS) is 11.7. The monoisotopic (exact) mass is 381 g/mol. The van der Waals surface area contributed by atoms with Crippen LogP contribution >= 0.6 is 27.3 Å². The van der Waals surface area contributed by atoms with Gasteiger partial charge in [0.1, 0.15) is 10.8 Å². The van der Waals surface area contributed by atoms with E-state index in [0.29, 0.717) is 4.47 Å². The first-order valence-electron chi connectivity index (χ1n) is 7.15. The highest BCUT2D eigenvalue weighted by molar-refractivity contribution is 9.10. The van der Waals surface area contributed by atoms with Crippen LogP contribution in [0.25, 0.3) is 33.1 Å². The van der Waals surface area contributed by atoms with Gasteiger partial charge < -0.3 is 5.11 Å². The van der Waals surface area contributed by atoms with Crippen LogP contribution in [-0.4, -0.2) is 10.1 Å². The summed E-state index contributed by atoms with van der Waals surface area (Å²) in [4.78, 5) is 4.77. The van der Waals surface area contributed by atoms with Crippen LogP contribution in [0.1, 0.15) is 10.6 Å². The Bertz CT molecular complexity index is 1050. The standard InChI is InChI=1S/C19H12BrNOS/c20-15-11-12(5-8-16(15)22)6-10-18-21-19-14-4-2-1-3-13(14)7-9-17(19)23-18/h1-11,22H. The van der Waals surface area contributed by atoms with Crippen LogP contribution in [0.15, 0.2) is 59.1 Å². The lowest BCUT2D eigenvalue weighted by atomic mass is 10.1. The van der Waals surface area contributed by atoms with Gasteiger partial charge >= 0.3 is 0 Å². The molecular formula is C19H12BrNOS. The maximum Gasteiger partial charge on any atom is 0.129 e. The fourth-order valence-corrected chi connectivity index (χ4v) is 3.83. The lowest BCUT2D eigenvalue weighted by Gasteiger charge is -1.97. The molecule has 0 aliphatic heterocycles. The molecule has 4 aromatic rings. The number of rotatable bonds is 2. The van der Waals surface area contributed by atoms with E-state index >= 15 is 0 Å². The molecule has 0 atom stereocenters. The Morgan fingerprint density at radius 3 is 2.74 bits per heavy atom. The highest BCUT2D eigenvalue weighted by atomic mass is 79.9. The molecule has 3 aromatic carbocycles. The number of aromatic nitrogens is 1. The second-order valence-electron chi connectivity index (χ2n) is 5.23. The number of aromatic hydroxyl groups is 1. The predicted octanol–water partition coefficient (Wildman–Crippen LogP) is 6.09. The lowest BCUT2D eigenvalue weighted by molar-refractivity contribution is 0.472. The van der Waals surface area contributed by atoms with Crippen LogP contribution in [0.4, 0.5) is 0 Å². The molecule has 0 amide bonds. The van der Waals surface area contributed by atoms with E-state index in [0.717, 1.165) is 16.1 Å². The third-order valence-corrected chi connectivity index (χ3v) is 5.31. The zero-order valence-corrected chi connectivity index (χ0v) is 14.4. The van der Waals surface area contributed by atoms with Crippen LogP contribution in [0.3, 0.4) is 0 Å². The number of fused-ring (bicyclic) bond motifs is 3. The number of phenolic OH excluding ortho intramolecular Hbond substituents is 1. The molecule has 4 rings (SSSR count). The van der Waals surface area contributed by atoms with Crippen molar-refractivity contribution in [2.75, 3.05) is 0 Å². The molecule has 0 fully saturated rings. The first-order valence-corrected chi connectivity index (χ1v) is 8.76. The van der Waals surface area contributed by atoms with Crippen LogP contribution in [0.2, 0.25) is 0 Å². The van der Waals surface area contributed by atoms with Crippen molar-refractivity contribution in [3.63, 3.8) is 0 Å². The molecule has 0 aliphatic carbocycles. The summed E-state index contributed by atoms with van der Waals surface area (Å²) < 4.78 is 1.88. The van der Waals surface area contributed by atoms with Crippen molar-refractivity contribution in [1.82, 2.24) is 4.98 Å². The van der Waals surface area contributed by atoms with E-state index in [1.54, 1.807) is 17.4 Å². The Morgan fingerprint density at radius 2 is 1.87 bits per heavy atom. The molecule has 0 radical (unpaired) electrons. The van der Waals surface area contributed by atoms with Gasteiger partial charge in [-0.05, 0) is 51.2 Å². The van der Waals surface area contributed by atoms with E-state index in [9.17, 15) is 5.11 Å². The molecule has 4 heteroatoms. The minimum absolute atomic E-state index is 0.244. The Labute approximate surface area is 145 Å². The third kappa shape index (κ3) is 2.76. The van der Waals surface area contributed by atoms with E-state index in [-0.39, 0.29) is 5.75 Å². The molecule has 0 saturated heterocycles. The zero-order chi connectivity index (χ0) is 15.8. The van der Waals surface area contributed by atoms with E-state index in [1.807, 2.05) is 36.4 Å². The average molecular weight is 382 g/mol. The van der Waals surface area contributed by atoms with Crippen LogP contribution in [0, 0.1) is 0 Å². The summed E-state index contributed by atoms with van der Waals surface area (Å²) in [5.74, 6) is 0.244. The molecule has 1 aromatic heterocycles. The summed E-state index contributed by atoms with van der Waals surface area (Å²) in [5, 5.41) is 12.9. The number of phenols is 1. The van der Waals surface area contributed by atoms with Gasteiger partial charge in [0.25, 0.3) is 0 Å². The topological polar surface area (TPSA) is 33.1 Å². The maximum atomic E-state index is 9.54. The van der Waals surface area contributed by atoms with Gasteiger partial charge in [0.15, 0.2) is 0 Å². The summed E-state index contributed by atoms with van der Waals surface area (Å²) in [6, 6.07) is 18.0. The number of hydrogen-bond donors (Lipinski definition) is 1. The molecular weight excluding hydrogens is 370 g/mol. The van der Waals surface area contributed by atoms with E-state index in [2.05, 4.69) is 40.2 Å². The van der Waals surface area contributed by atoms with Crippen molar-refractivity contribution in [3.05, 3.63) is 69.6 Å². The molecule has 1 heterocycles. The van der Waals surface area contributed by atoms with Crippen molar-refractivity contribution in [2.45, 2.75) is 0 Å². The van der Waals surface area contributed by atoms with Gasteiger partial charge in [-0.2, -0.15) is 0 Å². The number of benzene rings is 3. The SMILES string of the molecule is Oc1ccc(C=Cc2nc3c(ccc4ccccc43)s2)cc1Br. The summed E-state index contributed by atoms with van der Waals surface area (Å²) in [7, 11) is 0. The number of thiazole rings is 1. The van der Waals surface area contributed by atoms with Gasteiger partial charge in [0.05, 0.1) is 14.7 Å². The van der Waals surface area contributed by atoms with Crippen molar-refractivity contribution in [2.24, 2.45) is 0 Å². The summed E-state index contributed by atoms with van der Waals surface area (Å²) >= 11 is 5.01. The molecule has 112 valence electrons. The molecule has 0 bridgehead atoms. The molecule has 0 unspecified atom stereocenters. The average Bonchev–Trinajstić information content (AvgIpc) is 2.99. The zero-order valence-electron chi connectivity index (χ0n) is 12.0. The Morgan fingerprint density at radius 1 is 1.00 bits per heavy atom. The number of hydrogen-bond acceptors (Lipinski definition) is 3. The lowest BCUT2D eigenvalue weighted by Crippen LogP contribution is -1.76. The molecule has 0 saturated carbocycles. The smallest absolute Gasteiger partial charge is 0.129 e. The summed E-state index contributed by atoms with van der Waals surface area (Å²) in [6.45, 7) is 0. The van der Waals surface area contributed by atoms with Gasteiger partial charge in [-0.15, -0.1) is 11.3 Å². The first kappa shape index (κ1) is 14.4. The van der Waals surface area contributed by atoms with Crippen molar-refractivity contribution >= 4 is 60.4 Å². The highest BCUT2D eigenvalue weighted by Crippen LogP contribution is 2.30. The molecule has 1 N–H and O–H groups in total. The van der Waals surface area contributed by atoms with Crippen molar-refractivity contribution < 1.29 is 5.11 Å². The van der Waals surface area contributed by atoms with Crippen LogP contribution in [0.5, 0.6) is 5.75 Å². The number of nitrogens with zero attached hydrogens (tertiary/aromatic N) is 1. The quantitative estimate of drug-likeness (QED) is 0.455. The molecule has 0 aliphatic rings. The summed E-state index contributed by atoms with van der Waals surface area (Å²) in [6.07, 6.45) is 4.02. The van der Waals surface area contributed by atoms with E-state index < -0.39 is 0 Å². The van der Waals surface area contributed by atoms with Gasteiger partial charge in [0.2, 0.25) is 0 Å².